The van der Waals surface area contributed by atoms with Crippen molar-refractivity contribution >= 4 is 28.2 Å². The maximum Gasteiger partial charge on any atom is 0.321 e. The fraction of sp³-hybridized carbons (Fsp3) is 0.308. The molecule has 7 heteroatoms. The van der Waals surface area contributed by atoms with E-state index >= 15 is 0 Å². The summed E-state index contributed by atoms with van der Waals surface area (Å²) in [4.78, 5) is 13.8. The van der Waals surface area contributed by atoms with Gasteiger partial charge in [0.05, 0.1) is 0 Å². The van der Waals surface area contributed by atoms with Gasteiger partial charge in [-0.15, -0.1) is 10.2 Å². The first-order valence-corrected chi connectivity index (χ1v) is 7.13. The summed E-state index contributed by atoms with van der Waals surface area (Å²) in [6.45, 7) is 2.59. The Morgan fingerprint density at radius 3 is 2.80 bits per heavy atom. The third-order valence-corrected chi connectivity index (χ3v) is 3.57. The Labute approximate surface area is 121 Å². The fourth-order valence-electron chi connectivity index (χ4n) is 1.66. The molecule has 1 heterocycles. The molecular formula is C13H17N5OS. The maximum absolute atomic E-state index is 11.7. The van der Waals surface area contributed by atoms with Crippen molar-refractivity contribution in [3.63, 3.8) is 0 Å². The molecule has 2 N–H and O–H groups in total. The smallest absolute Gasteiger partial charge is 0.321 e. The van der Waals surface area contributed by atoms with Gasteiger partial charge in [0.15, 0.2) is 0 Å². The second-order valence-electron chi connectivity index (χ2n) is 4.37. The summed E-state index contributed by atoms with van der Waals surface area (Å²) < 4.78 is 0. The van der Waals surface area contributed by atoms with Gasteiger partial charge < -0.3 is 10.2 Å². The molecule has 0 saturated carbocycles. The molecule has 0 aliphatic rings. The molecule has 1 unspecified atom stereocenters. The molecule has 1 aromatic carbocycles. The third-order valence-electron chi connectivity index (χ3n) is 2.96. The van der Waals surface area contributed by atoms with Gasteiger partial charge in [0.25, 0.3) is 0 Å². The number of urea groups is 1. The molecule has 0 spiro atoms. The SMILES string of the molecule is CC(CNC(=O)Nc1nncs1)N(C)c1ccccc1. The Balaban J connectivity index is 1.80. The number of hydrogen-bond donors (Lipinski definition) is 2. The summed E-state index contributed by atoms with van der Waals surface area (Å²) in [5.74, 6) is 0. The quantitative estimate of drug-likeness (QED) is 0.886. The molecule has 6 nitrogen and oxygen atoms in total. The van der Waals surface area contributed by atoms with Crippen LogP contribution in [0, 0.1) is 0 Å². The molecule has 0 aliphatic heterocycles. The molecule has 0 fully saturated rings. The van der Waals surface area contributed by atoms with E-state index < -0.39 is 0 Å². The van der Waals surface area contributed by atoms with Crippen LogP contribution in [0.5, 0.6) is 0 Å². The Kier molecular flexibility index (Phi) is 4.89. The molecule has 20 heavy (non-hydrogen) atoms. The van der Waals surface area contributed by atoms with Crippen molar-refractivity contribution in [3.05, 3.63) is 35.8 Å². The van der Waals surface area contributed by atoms with Crippen molar-refractivity contribution in [2.24, 2.45) is 0 Å². The van der Waals surface area contributed by atoms with E-state index in [9.17, 15) is 4.79 Å². The standard InChI is InChI=1S/C13H17N5OS/c1-10(18(2)11-6-4-3-5-7-11)8-14-12(19)16-13-17-15-9-20-13/h3-7,9-10H,8H2,1-2H3,(H2,14,16,17,19). The van der Waals surface area contributed by atoms with Gasteiger partial charge in [-0.1, -0.05) is 29.5 Å². The van der Waals surface area contributed by atoms with Gasteiger partial charge in [-0.3, -0.25) is 5.32 Å². The number of aromatic nitrogens is 2. The summed E-state index contributed by atoms with van der Waals surface area (Å²) >= 11 is 1.28. The van der Waals surface area contributed by atoms with E-state index in [-0.39, 0.29) is 12.1 Å². The Morgan fingerprint density at radius 1 is 1.40 bits per heavy atom. The van der Waals surface area contributed by atoms with Gasteiger partial charge in [0.1, 0.15) is 5.51 Å². The summed E-state index contributed by atoms with van der Waals surface area (Å²) in [5, 5.41) is 13.4. The minimum Gasteiger partial charge on any atom is -0.370 e. The van der Waals surface area contributed by atoms with Gasteiger partial charge in [-0.05, 0) is 19.1 Å². The topological polar surface area (TPSA) is 70.1 Å². The summed E-state index contributed by atoms with van der Waals surface area (Å²) in [7, 11) is 2.00. The molecule has 2 aromatic rings. The zero-order chi connectivity index (χ0) is 14.4. The van der Waals surface area contributed by atoms with Crippen molar-refractivity contribution in [3.8, 4) is 0 Å². The number of carbonyl (C=O) groups is 1. The van der Waals surface area contributed by atoms with Crippen LogP contribution in [-0.4, -0.2) is 35.9 Å². The number of nitrogens with one attached hydrogen (secondary N) is 2. The molecular weight excluding hydrogens is 274 g/mol. The second-order valence-corrected chi connectivity index (χ2v) is 5.21. The monoisotopic (exact) mass is 291 g/mol. The van der Waals surface area contributed by atoms with Crippen LogP contribution < -0.4 is 15.5 Å². The number of para-hydroxylation sites is 1. The number of rotatable bonds is 5. The molecule has 0 saturated heterocycles. The molecule has 2 rings (SSSR count). The zero-order valence-corrected chi connectivity index (χ0v) is 12.2. The van der Waals surface area contributed by atoms with E-state index in [4.69, 9.17) is 0 Å². The average molecular weight is 291 g/mol. The highest BCUT2D eigenvalue weighted by molar-refractivity contribution is 7.13. The van der Waals surface area contributed by atoms with Crippen LogP contribution in [-0.2, 0) is 0 Å². The summed E-state index contributed by atoms with van der Waals surface area (Å²) in [6, 6.07) is 9.96. The van der Waals surface area contributed by atoms with Gasteiger partial charge >= 0.3 is 6.03 Å². The van der Waals surface area contributed by atoms with Crippen LogP contribution in [0.4, 0.5) is 15.6 Å². The first-order valence-electron chi connectivity index (χ1n) is 6.25. The lowest BCUT2D eigenvalue weighted by atomic mass is 10.2. The Morgan fingerprint density at radius 2 is 2.15 bits per heavy atom. The second kappa shape index (κ2) is 6.85. The molecule has 1 aromatic heterocycles. The van der Waals surface area contributed by atoms with Crippen molar-refractivity contribution < 1.29 is 4.79 Å². The predicted octanol–water partition coefficient (Wildman–Crippen LogP) is 2.18. The minimum atomic E-state index is -0.268. The van der Waals surface area contributed by atoms with Gasteiger partial charge in [0.2, 0.25) is 5.13 Å². The van der Waals surface area contributed by atoms with E-state index in [1.165, 1.54) is 11.3 Å². The largest absolute Gasteiger partial charge is 0.370 e. The summed E-state index contributed by atoms with van der Waals surface area (Å²) in [5.41, 5.74) is 2.69. The fourth-order valence-corrected chi connectivity index (χ4v) is 2.10. The molecule has 1 atom stereocenters. The van der Waals surface area contributed by atoms with E-state index in [1.807, 2.05) is 37.4 Å². The molecule has 0 bridgehead atoms. The van der Waals surface area contributed by atoms with Crippen LogP contribution >= 0.6 is 11.3 Å². The van der Waals surface area contributed by atoms with Gasteiger partial charge in [0, 0.05) is 25.3 Å². The first kappa shape index (κ1) is 14.3. The Bertz CT molecular complexity index is 531. The lowest BCUT2D eigenvalue weighted by Gasteiger charge is -2.27. The van der Waals surface area contributed by atoms with Crippen molar-refractivity contribution in [1.29, 1.82) is 0 Å². The number of benzene rings is 1. The summed E-state index contributed by atoms with van der Waals surface area (Å²) in [6.07, 6.45) is 0. The average Bonchev–Trinajstić information content (AvgIpc) is 2.97. The van der Waals surface area contributed by atoms with E-state index in [0.717, 1.165) is 5.69 Å². The van der Waals surface area contributed by atoms with Crippen LogP contribution in [0.25, 0.3) is 0 Å². The molecule has 106 valence electrons. The maximum atomic E-state index is 11.7. The predicted molar refractivity (Wildman–Crippen MR) is 81.2 cm³/mol. The molecule has 0 aliphatic carbocycles. The minimum absolute atomic E-state index is 0.178. The van der Waals surface area contributed by atoms with E-state index in [0.29, 0.717) is 11.7 Å². The van der Waals surface area contributed by atoms with Crippen molar-refractivity contribution in [1.82, 2.24) is 15.5 Å². The highest BCUT2D eigenvalue weighted by atomic mass is 32.1. The number of carbonyl (C=O) groups excluding carboxylic acids is 1. The van der Waals surface area contributed by atoms with E-state index in [2.05, 4.69) is 32.7 Å². The number of anilines is 2. The number of hydrogen-bond acceptors (Lipinski definition) is 5. The number of amides is 2. The van der Waals surface area contributed by atoms with Crippen LogP contribution in [0.3, 0.4) is 0 Å². The van der Waals surface area contributed by atoms with Crippen molar-refractivity contribution in [2.45, 2.75) is 13.0 Å². The van der Waals surface area contributed by atoms with Gasteiger partial charge in [-0.2, -0.15) is 0 Å². The first-order chi connectivity index (χ1) is 9.66. The lowest BCUT2D eigenvalue weighted by molar-refractivity contribution is 0.251. The Hall–Kier alpha value is -2.15. The van der Waals surface area contributed by atoms with Crippen LogP contribution in [0.2, 0.25) is 0 Å². The third kappa shape index (κ3) is 3.92. The van der Waals surface area contributed by atoms with Crippen LogP contribution in [0.1, 0.15) is 6.92 Å². The van der Waals surface area contributed by atoms with E-state index in [1.54, 1.807) is 5.51 Å². The molecule has 2 amide bonds. The molecule has 0 radical (unpaired) electrons. The number of nitrogens with zero attached hydrogens (tertiary/aromatic N) is 3. The lowest BCUT2D eigenvalue weighted by Crippen LogP contribution is -2.41. The van der Waals surface area contributed by atoms with Gasteiger partial charge in [-0.25, -0.2) is 4.79 Å². The highest BCUT2D eigenvalue weighted by Gasteiger charge is 2.11. The number of likely N-dealkylation sites (N-methyl/N-ethyl adjacent to an activating group) is 1. The normalized spacial score (nSPS) is 11.7. The van der Waals surface area contributed by atoms with Crippen molar-refractivity contribution in [2.75, 3.05) is 23.8 Å². The highest BCUT2D eigenvalue weighted by Crippen LogP contribution is 2.13. The van der Waals surface area contributed by atoms with Crippen LogP contribution in [0.15, 0.2) is 35.8 Å². The zero-order valence-electron chi connectivity index (χ0n) is 11.4.